The average molecular weight is 333 g/mol. The van der Waals surface area contributed by atoms with Crippen molar-refractivity contribution in [3.8, 4) is 0 Å². The van der Waals surface area contributed by atoms with E-state index >= 15 is 0 Å². The molecule has 1 saturated heterocycles. The van der Waals surface area contributed by atoms with E-state index in [0.29, 0.717) is 22.3 Å². The van der Waals surface area contributed by atoms with Gasteiger partial charge in [-0.25, -0.2) is 4.39 Å². The summed E-state index contributed by atoms with van der Waals surface area (Å²) in [5.41, 5.74) is 6.61. The van der Waals surface area contributed by atoms with Gasteiger partial charge in [-0.2, -0.15) is 0 Å². The quantitative estimate of drug-likeness (QED) is 0.863. The molecule has 1 aliphatic rings. The minimum Gasteiger partial charge on any atom is -0.389 e. The molecule has 0 aromatic heterocycles. The lowest BCUT2D eigenvalue weighted by Crippen LogP contribution is -2.23. The maximum atomic E-state index is 14.3. The van der Waals surface area contributed by atoms with Crippen LogP contribution in [0.1, 0.15) is 12.0 Å². The summed E-state index contributed by atoms with van der Waals surface area (Å²) in [5, 5.41) is 0. The van der Waals surface area contributed by atoms with Crippen molar-refractivity contribution in [2.45, 2.75) is 12.5 Å². The first-order chi connectivity index (χ1) is 8.54. The monoisotopic (exact) mass is 332 g/mol. The van der Waals surface area contributed by atoms with Crippen LogP contribution in [-0.4, -0.2) is 31.3 Å². The zero-order chi connectivity index (χ0) is 13.3. The van der Waals surface area contributed by atoms with Crippen molar-refractivity contribution in [1.29, 1.82) is 0 Å². The number of nitrogens with zero attached hydrogens (tertiary/aromatic N) is 1. The first kappa shape index (κ1) is 13.7. The van der Waals surface area contributed by atoms with Crippen molar-refractivity contribution in [3.63, 3.8) is 0 Å². The van der Waals surface area contributed by atoms with Crippen LogP contribution in [0.5, 0.6) is 0 Å². The number of halogens is 2. The molecule has 0 amide bonds. The number of hydrogen-bond acceptors (Lipinski definition) is 3. The van der Waals surface area contributed by atoms with Crippen molar-refractivity contribution in [3.05, 3.63) is 28.0 Å². The van der Waals surface area contributed by atoms with E-state index in [1.165, 1.54) is 0 Å². The summed E-state index contributed by atoms with van der Waals surface area (Å²) < 4.78 is 19.9. The molecule has 98 valence electrons. The molecule has 6 heteroatoms. The smallest absolute Gasteiger partial charge is 0.161 e. The lowest BCUT2D eigenvalue weighted by molar-refractivity contribution is 0.121. The number of thiocarbonyl (C=S) groups is 1. The molecule has 1 aliphatic heterocycles. The summed E-state index contributed by atoms with van der Waals surface area (Å²) in [6, 6.07) is 3.46. The van der Waals surface area contributed by atoms with Gasteiger partial charge in [0.1, 0.15) is 4.99 Å². The second-order valence-corrected chi connectivity index (χ2v) is 5.45. The Morgan fingerprint density at radius 1 is 1.61 bits per heavy atom. The summed E-state index contributed by atoms with van der Waals surface area (Å²) >= 11 is 8.08. The summed E-state index contributed by atoms with van der Waals surface area (Å²) in [5.74, 6) is -0.322. The molecule has 1 fully saturated rings. The van der Waals surface area contributed by atoms with Crippen LogP contribution in [0.25, 0.3) is 0 Å². The topological polar surface area (TPSA) is 38.5 Å². The molecule has 1 atom stereocenters. The van der Waals surface area contributed by atoms with E-state index in [1.807, 2.05) is 4.90 Å². The van der Waals surface area contributed by atoms with E-state index in [0.717, 1.165) is 13.0 Å². The van der Waals surface area contributed by atoms with Gasteiger partial charge in [0.15, 0.2) is 5.82 Å². The van der Waals surface area contributed by atoms with Crippen molar-refractivity contribution >= 4 is 38.8 Å². The van der Waals surface area contributed by atoms with Crippen LogP contribution in [0.2, 0.25) is 0 Å². The van der Waals surface area contributed by atoms with E-state index in [4.69, 9.17) is 22.7 Å². The number of anilines is 1. The molecule has 0 spiro atoms. The number of rotatable bonds is 3. The van der Waals surface area contributed by atoms with E-state index < -0.39 is 0 Å². The highest BCUT2D eigenvalue weighted by Gasteiger charge is 2.25. The lowest BCUT2D eigenvalue weighted by Gasteiger charge is -2.20. The molecule has 2 N–H and O–H groups in total. The Bertz CT molecular complexity index is 483. The predicted octanol–water partition coefficient (Wildman–Crippen LogP) is 2.45. The highest BCUT2D eigenvalue weighted by atomic mass is 79.9. The summed E-state index contributed by atoms with van der Waals surface area (Å²) in [6.07, 6.45) is 1.07. The lowest BCUT2D eigenvalue weighted by atomic mass is 10.2. The van der Waals surface area contributed by atoms with E-state index in [9.17, 15) is 4.39 Å². The number of benzene rings is 1. The van der Waals surface area contributed by atoms with Gasteiger partial charge in [-0.3, -0.25) is 0 Å². The molecule has 0 bridgehead atoms. The highest BCUT2D eigenvalue weighted by molar-refractivity contribution is 9.10. The summed E-state index contributed by atoms with van der Waals surface area (Å²) in [4.78, 5) is 2.15. The Balaban J connectivity index is 2.30. The number of hydrogen-bond donors (Lipinski definition) is 1. The number of ether oxygens (including phenoxy) is 1. The molecule has 0 saturated carbocycles. The zero-order valence-electron chi connectivity index (χ0n) is 9.95. The molecule has 0 aliphatic carbocycles. The Morgan fingerprint density at radius 2 is 2.33 bits per heavy atom. The molecule has 18 heavy (non-hydrogen) atoms. The highest BCUT2D eigenvalue weighted by Crippen LogP contribution is 2.31. The second-order valence-electron chi connectivity index (χ2n) is 4.22. The van der Waals surface area contributed by atoms with Crippen LogP contribution >= 0.6 is 28.1 Å². The molecule has 2 rings (SSSR count). The molecule has 0 radical (unpaired) electrons. The minimum absolute atomic E-state index is 0.165. The van der Waals surface area contributed by atoms with Crippen LogP contribution in [0.4, 0.5) is 10.1 Å². The average Bonchev–Trinajstić information content (AvgIpc) is 2.80. The second kappa shape index (κ2) is 5.50. The molecule has 1 heterocycles. The first-order valence-electron chi connectivity index (χ1n) is 5.60. The van der Waals surface area contributed by atoms with Crippen molar-refractivity contribution in [2.24, 2.45) is 5.73 Å². The summed E-state index contributed by atoms with van der Waals surface area (Å²) in [7, 11) is 1.68. The van der Waals surface area contributed by atoms with Crippen molar-refractivity contribution < 1.29 is 9.13 Å². The van der Waals surface area contributed by atoms with Gasteiger partial charge >= 0.3 is 0 Å². The third-order valence-corrected chi connectivity index (χ3v) is 4.14. The third-order valence-electron chi connectivity index (χ3n) is 3.15. The van der Waals surface area contributed by atoms with E-state index in [-0.39, 0.29) is 16.9 Å². The zero-order valence-corrected chi connectivity index (χ0v) is 12.4. The fourth-order valence-corrected chi connectivity index (χ4v) is 2.96. The third kappa shape index (κ3) is 2.50. The SMILES string of the molecule is COC1CCN(c2ccc(C(N)=S)c(Br)c2F)C1. The molecular formula is C12H14BrFN2OS. The van der Waals surface area contributed by atoms with Gasteiger partial charge in [0, 0.05) is 25.8 Å². The molecule has 1 aromatic carbocycles. The first-order valence-corrected chi connectivity index (χ1v) is 6.80. The number of methoxy groups -OCH3 is 1. The van der Waals surface area contributed by atoms with Crippen LogP contribution < -0.4 is 10.6 Å². The van der Waals surface area contributed by atoms with Gasteiger partial charge < -0.3 is 15.4 Å². The summed E-state index contributed by atoms with van der Waals surface area (Å²) in [6.45, 7) is 1.49. The van der Waals surface area contributed by atoms with Crippen molar-refractivity contribution in [1.82, 2.24) is 0 Å². The Hall–Kier alpha value is -0.720. The van der Waals surface area contributed by atoms with Crippen molar-refractivity contribution in [2.75, 3.05) is 25.1 Å². The Labute approximate surface area is 119 Å². The van der Waals surface area contributed by atoms with Crippen LogP contribution in [0.15, 0.2) is 16.6 Å². The molecule has 1 aromatic rings. The van der Waals surface area contributed by atoms with Gasteiger partial charge in [-0.05, 0) is 34.5 Å². The van der Waals surface area contributed by atoms with Gasteiger partial charge in [0.2, 0.25) is 0 Å². The molecule has 1 unspecified atom stereocenters. The van der Waals surface area contributed by atoms with E-state index in [1.54, 1.807) is 19.2 Å². The number of nitrogens with two attached hydrogens (primary N) is 1. The van der Waals surface area contributed by atoms with E-state index in [2.05, 4.69) is 15.9 Å². The maximum Gasteiger partial charge on any atom is 0.161 e. The Morgan fingerprint density at radius 3 is 2.89 bits per heavy atom. The van der Waals surface area contributed by atoms with Gasteiger partial charge in [-0.15, -0.1) is 0 Å². The Kier molecular flexibility index (Phi) is 4.19. The van der Waals surface area contributed by atoms with Crippen LogP contribution in [0, 0.1) is 5.82 Å². The molecule has 3 nitrogen and oxygen atoms in total. The maximum absolute atomic E-state index is 14.3. The minimum atomic E-state index is -0.322. The standard InChI is InChI=1S/C12H14BrFN2OS/c1-17-7-4-5-16(6-7)9-3-2-8(12(15)18)10(13)11(9)14/h2-3,7H,4-6H2,1H3,(H2,15,18). The van der Waals surface area contributed by atoms with Gasteiger partial charge in [0.05, 0.1) is 16.3 Å². The fourth-order valence-electron chi connectivity index (χ4n) is 2.11. The van der Waals surface area contributed by atoms with Gasteiger partial charge in [-0.1, -0.05) is 12.2 Å². The van der Waals surface area contributed by atoms with Gasteiger partial charge in [0.25, 0.3) is 0 Å². The molecular weight excluding hydrogens is 319 g/mol. The normalized spacial score (nSPS) is 19.3. The fraction of sp³-hybridized carbons (Fsp3) is 0.417. The van der Waals surface area contributed by atoms with Crippen LogP contribution in [0.3, 0.4) is 0 Å². The largest absolute Gasteiger partial charge is 0.389 e. The van der Waals surface area contributed by atoms with Crippen LogP contribution in [-0.2, 0) is 4.74 Å². The predicted molar refractivity (Wildman–Crippen MR) is 77.6 cm³/mol.